The highest BCUT2D eigenvalue weighted by atomic mass is 16.5. The number of hydrogen-bond acceptors (Lipinski definition) is 5. The van der Waals surface area contributed by atoms with E-state index in [4.69, 9.17) is 9.47 Å². The third-order valence-corrected chi connectivity index (χ3v) is 8.44. The molecule has 5 heteroatoms. The van der Waals surface area contributed by atoms with Gasteiger partial charge in [-0.15, -0.1) is 0 Å². The summed E-state index contributed by atoms with van der Waals surface area (Å²) >= 11 is 0. The van der Waals surface area contributed by atoms with Crippen molar-refractivity contribution in [1.29, 1.82) is 0 Å². The van der Waals surface area contributed by atoms with Crippen molar-refractivity contribution in [3.63, 3.8) is 0 Å². The number of carbonyl (C=O) groups excluding carboxylic acids is 1. The van der Waals surface area contributed by atoms with Gasteiger partial charge in [0.1, 0.15) is 0 Å². The maximum absolute atomic E-state index is 12.2. The highest BCUT2D eigenvalue weighted by molar-refractivity contribution is 5.92. The third-order valence-electron chi connectivity index (χ3n) is 8.44. The van der Waals surface area contributed by atoms with Crippen molar-refractivity contribution in [2.45, 2.75) is 84.5 Å². The van der Waals surface area contributed by atoms with Gasteiger partial charge in [-0.05, 0) is 106 Å². The predicted molar refractivity (Wildman–Crippen MR) is 149 cm³/mol. The molecule has 2 N–H and O–H groups in total. The highest BCUT2D eigenvalue weighted by Gasteiger charge is 2.41. The lowest BCUT2D eigenvalue weighted by Gasteiger charge is -2.34. The van der Waals surface area contributed by atoms with Gasteiger partial charge >= 0.3 is 5.97 Å². The van der Waals surface area contributed by atoms with Crippen molar-refractivity contribution < 1.29 is 19.4 Å². The number of ether oxygens (including phenoxy) is 2. The van der Waals surface area contributed by atoms with Crippen LogP contribution in [0.15, 0.2) is 42.5 Å². The molecule has 2 aromatic carbocycles. The van der Waals surface area contributed by atoms with Crippen molar-refractivity contribution in [2.75, 3.05) is 19.8 Å². The van der Waals surface area contributed by atoms with E-state index in [2.05, 4.69) is 31.3 Å². The van der Waals surface area contributed by atoms with Crippen LogP contribution >= 0.6 is 0 Å². The minimum atomic E-state index is -0.569. The van der Waals surface area contributed by atoms with Gasteiger partial charge in [0, 0.05) is 12.1 Å². The van der Waals surface area contributed by atoms with Crippen LogP contribution < -0.4 is 5.32 Å². The topological polar surface area (TPSA) is 67.8 Å². The first kappa shape index (κ1) is 27.8. The van der Waals surface area contributed by atoms with Crippen LogP contribution in [0.4, 0.5) is 0 Å². The molecule has 5 atom stereocenters. The number of benzene rings is 2. The molecule has 3 unspecified atom stereocenters. The summed E-state index contributed by atoms with van der Waals surface area (Å²) in [5.74, 6) is 2.43. The van der Waals surface area contributed by atoms with E-state index in [0.29, 0.717) is 18.7 Å². The smallest absolute Gasteiger partial charge is 0.338 e. The largest absolute Gasteiger partial charge is 0.462 e. The van der Waals surface area contributed by atoms with E-state index in [1.54, 1.807) is 0 Å². The first-order valence-corrected chi connectivity index (χ1v) is 14.1. The Morgan fingerprint density at radius 2 is 1.95 bits per heavy atom. The van der Waals surface area contributed by atoms with Crippen LogP contribution in [0.5, 0.6) is 0 Å². The number of β-amino-alcohol motifs (C(OH)–C–C–N with tert-alkyl or cyclic N) is 1. The molecule has 202 valence electrons. The minimum absolute atomic E-state index is 0.0158. The quantitative estimate of drug-likeness (QED) is 0.322. The summed E-state index contributed by atoms with van der Waals surface area (Å²) in [4.78, 5) is 12.2. The molecule has 2 aromatic rings. The summed E-state index contributed by atoms with van der Waals surface area (Å²) < 4.78 is 11.3. The number of fused-ring (bicyclic) bond motifs is 2. The molecule has 37 heavy (non-hydrogen) atoms. The number of esters is 1. The van der Waals surface area contributed by atoms with E-state index in [1.165, 1.54) is 32.1 Å². The summed E-state index contributed by atoms with van der Waals surface area (Å²) in [6.07, 6.45) is 6.11. The van der Waals surface area contributed by atoms with Crippen LogP contribution in [-0.2, 0) is 9.47 Å². The molecule has 2 aliphatic rings. The SMILES string of the molecule is CCOC(=O)c1ccc(-c2ccccc2[C@@H](C)OC[C@@H](O)CNC(C)(C)CC2CC3CCC2C3)cc1C. The number of rotatable bonds is 12. The molecule has 2 bridgehead atoms. The Hall–Kier alpha value is -2.21. The Balaban J connectivity index is 1.31. The van der Waals surface area contributed by atoms with Crippen molar-refractivity contribution in [3.8, 4) is 11.1 Å². The fourth-order valence-electron chi connectivity index (χ4n) is 6.54. The lowest BCUT2D eigenvalue weighted by molar-refractivity contribution is -0.00459. The average molecular weight is 508 g/mol. The number of nitrogens with one attached hydrogen (secondary N) is 1. The molecular weight excluding hydrogens is 462 g/mol. The standard InChI is InChI=1S/C32H45NO4/c1-6-36-31(35)28-14-13-25(15-21(28)2)30-10-8-7-9-29(30)22(3)37-20-27(34)19-33-32(4,5)18-26-17-23-11-12-24(26)16-23/h7-10,13-15,22-24,26-27,33-34H,6,11-12,16-20H2,1-5H3/t22-,23?,24?,26?,27+/m1/s1. The van der Waals surface area contributed by atoms with Crippen LogP contribution in [0.1, 0.15) is 87.4 Å². The molecule has 0 aromatic heterocycles. The van der Waals surface area contributed by atoms with Crippen LogP contribution in [0, 0.1) is 24.7 Å². The Morgan fingerprint density at radius 3 is 2.62 bits per heavy atom. The van der Waals surface area contributed by atoms with Crippen molar-refractivity contribution >= 4 is 5.97 Å². The lowest BCUT2D eigenvalue weighted by Crippen LogP contribution is -2.46. The third kappa shape index (κ3) is 7.01. The average Bonchev–Trinajstić information content (AvgIpc) is 3.49. The molecule has 2 saturated carbocycles. The molecule has 0 radical (unpaired) electrons. The molecule has 2 fully saturated rings. The van der Waals surface area contributed by atoms with Gasteiger partial charge in [-0.25, -0.2) is 4.79 Å². The fraction of sp³-hybridized carbons (Fsp3) is 0.594. The zero-order valence-electron chi connectivity index (χ0n) is 23.3. The van der Waals surface area contributed by atoms with Crippen LogP contribution in [-0.4, -0.2) is 42.5 Å². The fourth-order valence-corrected chi connectivity index (χ4v) is 6.54. The van der Waals surface area contributed by atoms with Gasteiger partial charge in [0.15, 0.2) is 0 Å². The van der Waals surface area contributed by atoms with Crippen molar-refractivity contribution in [1.82, 2.24) is 5.32 Å². The summed E-state index contributed by atoms with van der Waals surface area (Å²) in [6, 6.07) is 14.0. The summed E-state index contributed by atoms with van der Waals surface area (Å²) in [5.41, 5.74) is 4.64. The summed E-state index contributed by atoms with van der Waals surface area (Å²) in [6.45, 7) is 11.5. The van der Waals surface area contributed by atoms with Gasteiger partial charge in [0.25, 0.3) is 0 Å². The molecule has 4 rings (SSSR count). The number of aryl methyl sites for hydroxylation is 1. The molecule has 0 heterocycles. The van der Waals surface area contributed by atoms with Gasteiger partial charge in [-0.1, -0.05) is 42.8 Å². The van der Waals surface area contributed by atoms with E-state index in [9.17, 15) is 9.90 Å². The van der Waals surface area contributed by atoms with Gasteiger partial charge < -0.3 is 19.9 Å². The maximum atomic E-state index is 12.2. The van der Waals surface area contributed by atoms with Crippen molar-refractivity contribution in [2.24, 2.45) is 17.8 Å². The molecule has 0 aliphatic heterocycles. The first-order chi connectivity index (χ1) is 17.7. The zero-order valence-corrected chi connectivity index (χ0v) is 23.3. The molecule has 0 spiro atoms. The van der Waals surface area contributed by atoms with Crippen LogP contribution in [0.25, 0.3) is 11.1 Å². The van der Waals surface area contributed by atoms with E-state index >= 15 is 0 Å². The predicted octanol–water partition coefficient (Wildman–Crippen LogP) is 6.47. The number of carbonyl (C=O) groups is 1. The number of hydrogen-bond donors (Lipinski definition) is 2. The lowest BCUT2D eigenvalue weighted by atomic mass is 9.80. The van der Waals surface area contributed by atoms with E-state index in [-0.39, 0.29) is 24.2 Å². The number of aliphatic hydroxyl groups is 1. The van der Waals surface area contributed by atoms with Crippen molar-refractivity contribution in [3.05, 3.63) is 59.2 Å². The Morgan fingerprint density at radius 1 is 1.16 bits per heavy atom. The molecule has 2 aliphatic carbocycles. The zero-order chi connectivity index (χ0) is 26.6. The molecule has 0 amide bonds. The first-order valence-electron chi connectivity index (χ1n) is 14.1. The van der Waals surface area contributed by atoms with E-state index in [0.717, 1.165) is 40.0 Å². The van der Waals surface area contributed by atoms with E-state index < -0.39 is 6.10 Å². The van der Waals surface area contributed by atoms with Gasteiger partial charge in [-0.3, -0.25) is 0 Å². The van der Waals surface area contributed by atoms with Gasteiger partial charge in [-0.2, -0.15) is 0 Å². The summed E-state index contributed by atoms with van der Waals surface area (Å²) in [7, 11) is 0. The Kier molecular flexibility index (Phi) is 9.10. The normalized spacial score (nSPS) is 22.7. The second-order valence-electron chi connectivity index (χ2n) is 11.9. The molecule has 0 saturated heterocycles. The van der Waals surface area contributed by atoms with Gasteiger partial charge in [0.05, 0.1) is 31.0 Å². The highest BCUT2D eigenvalue weighted by Crippen LogP contribution is 2.50. The van der Waals surface area contributed by atoms with Gasteiger partial charge in [0.2, 0.25) is 0 Å². The Bertz CT molecular complexity index is 1060. The monoisotopic (exact) mass is 507 g/mol. The van der Waals surface area contributed by atoms with E-state index in [1.807, 2.05) is 51.1 Å². The second-order valence-corrected chi connectivity index (χ2v) is 11.9. The summed E-state index contributed by atoms with van der Waals surface area (Å²) in [5, 5.41) is 14.3. The minimum Gasteiger partial charge on any atom is -0.462 e. The Labute approximate surface area is 223 Å². The second kappa shape index (κ2) is 12.1. The maximum Gasteiger partial charge on any atom is 0.338 e. The molecular formula is C32H45NO4. The number of aliphatic hydroxyl groups excluding tert-OH is 1. The molecule has 5 nitrogen and oxygen atoms in total. The van der Waals surface area contributed by atoms with Crippen LogP contribution in [0.2, 0.25) is 0 Å². The van der Waals surface area contributed by atoms with Crippen LogP contribution in [0.3, 0.4) is 0 Å².